The van der Waals surface area contributed by atoms with Gasteiger partial charge in [0.1, 0.15) is 0 Å². The molecule has 0 aromatic carbocycles. The minimum Gasteiger partial charge on any atom is -0.370 e. The summed E-state index contributed by atoms with van der Waals surface area (Å²) in [4.78, 5) is 21.4. The molecule has 0 aliphatic rings. The molecule has 0 bridgehead atoms. The van der Waals surface area contributed by atoms with E-state index in [-0.39, 0.29) is 11.8 Å². The lowest BCUT2D eigenvalue weighted by molar-refractivity contribution is -0.119. The van der Waals surface area contributed by atoms with Gasteiger partial charge in [0, 0.05) is 12.8 Å². The zero-order valence-corrected chi connectivity index (χ0v) is 27.2. The third-order valence-corrected chi connectivity index (χ3v) is 8.77. The van der Waals surface area contributed by atoms with E-state index < -0.39 is 0 Å². The normalized spacial score (nSPS) is 11.4. The van der Waals surface area contributed by atoms with Gasteiger partial charge in [-0.05, 0) is 18.8 Å². The van der Waals surface area contributed by atoms with E-state index in [1.165, 1.54) is 167 Å². The van der Waals surface area contributed by atoms with Crippen molar-refractivity contribution in [2.75, 3.05) is 0 Å². The maximum atomic E-state index is 10.7. The molecule has 4 N–H and O–H groups in total. The van der Waals surface area contributed by atoms with Crippen molar-refractivity contribution in [2.24, 2.45) is 17.4 Å². The van der Waals surface area contributed by atoms with Gasteiger partial charge < -0.3 is 11.5 Å². The molecule has 0 aliphatic heterocycles. The minimum atomic E-state index is -0.154. The molecule has 0 radical (unpaired) electrons. The monoisotopic (exact) mass is 565 g/mol. The van der Waals surface area contributed by atoms with Gasteiger partial charge in [-0.15, -0.1) is 0 Å². The Morgan fingerprint density at radius 2 is 0.600 bits per heavy atom. The van der Waals surface area contributed by atoms with Crippen molar-refractivity contribution in [1.82, 2.24) is 0 Å². The maximum Gasteiger partial charge on any atom is 0.217 e. The highest BCUT2D eigenvalue weighted by atomic mass is 16.1. The van der Waals surface area contributed by atoms with Crippen LogP contribution in [0.1, 0.15) is 212 Å². The lowest BCUT2D eigenvalue weighted by atomic mass is 9.90. The van der Waals surface area contributed by atoms with Gasteiger partial charge in [-0.1, -0.05) is 187 Å². The zero-order valence-electron chi connectivity index (χ0n) is 27.2. The molecule has 238 valence electrons. The highest BCUT2D eigenvalue weighted by Crippen LogP contribution is 2.23. The second-order valence-electron chi connectivity index (χ2n) is 12.9. The van der Waals surface area contributed by atoms with Crippen LogP contribution in [0.25, 0.3) is 0 Å². The number of carbonyl (C=O) groups is 2. The Morgan fingerprint density at radius 1 is 0.375 bits per heavy atom. The van der Waals surface area contributed by atoms with E-state index in [4.69, 9.17) is 11.5 Å². The number of rotatable bonds is 34. The molecule has 4 heteroatoms. The van der Waals surface area contributed by atoms with Crippen LogP contribution in [0, 0.1) is 5.92 Å². The van der Waals surface area contributed by atoms with Crippen LogP contribution in [0.15, 0.2) is 0 Å². The summed E-state index contributed by atoms with van der Waals surface area (Å²) in [5.41, 5.74) is 10.4. The van der Waals surface area contributed by atoms with Crippen LogP contribution in [-0.2, 0) is 9.59 Å². The first-order valence-electron chi connectivity index (χ1n) is 18.1. The van der Waals surface area contributed by atoms with Crippen LogP contribution in [-0.4, -0.2) is 11.8 Å². The molecule has 0 aromatic heterocycles. The van der Waals surface area contributed by atoms with Crippen molar-refractivity contribution in [2.45, 2.75) is 212 Å². The minimum absolute atomic E-state index is 0.154. The van der Waals surface area contributed by atoms with E-state index >= 15 is 0 Å². The number of carbonyl (C=O) groups excluding carboxylic acids is 2. The van der Waals surface area contributed by atoms with Crippen LogP contribution < -0.4 is 11.5 Å². The average Bonchev–Trinajstić information content (AvgIpc) is 2.92. The molecule has 0 heterocycles. The fraction of sp³-hybridized carbons (Fsp3) is 0.944. The number of nitrogens with two attached hydrogens (primary N) is 2. The number of hydrogen-bond acceptors (Lipinski definition) is 2. The van der Waals surface area contributed by atoms with E-state index in [2.05, 4.69) is 6.92 Å². The SMILES string of the molecule is CCCC(CCCCCCCCCCCCCCCC(N)=O)CCCCCCCCCCCCCCCC(N)=O. The van der Waals surface area contributed by atoms with Crippen molar-refractivity contribution in [3.8, 4) is 0 Å². The van der Waals surface area contributed by atoms with Crippen molar-refractivity contribution < 1.29 is 9.59 Å². The van der Waals surface area contributed by atoms with Gasteiger partial charge in [-0.25, -0.2) is 0 Å². The van der Waals surface area contributed by atoms with Gasteiger partial charge in [0.2, 0.25) is 11.8 Å². The standard InChI is InChI=1S/C36H72N2O2/c1-2-29-34(30-25-21-17-13-9-5-3-7-11-15-19-23-27-32-35(37)39)31-26-22-18-14-10-6-4-8-12-16-20-24-28-33-36(38)40/h34H,2-33H2,1H3,(H2,37,39)(H2,38,40). The fourth-order valence-electron chi connectivity index (χ4n) is 6.19. The number of primary amides is 2. The fourth-order valence-corrected chi connectivity index (χ4v) is 6.19. The summed E-state index contributed by atoms with van der Waals surface area (Å²) in [7, 11) is 0. The molecule has 2 amide bonds. The first kappa shape index (κ1) is 38.9. The number of unbranched alkanes of at least 4 members (excludes halogenated alkanes) is 24. The van der Waals surface area contributed by atoms with Crippen LogP contribution in [0.2, 0.25) is 0 Å². The van der Waals surface area contributed by atoms with Gasteiger partial charge >= 0.3 is 0 Å². The summed E-state index contributed by atoms with van der Waals surface area (Å²) in [6.45, 7) is 2.36. The summed E-state index contributed by atoms with van der Waals surface area (Å²) in [5, 5.41) is 0. The lowest BCUT2D eigenvalue weighted by Crippen LogP contribution is -2.09. The smallest absolute Gasteiger partial charge is 0.217 e. The molecule has 0 aliphatic carbocycles. The van der Waals surface area contributed by atoms with E-state index in [1.807, 2.05) is 0 Å². The Bertz CT molecular complexity index is 493. The third kappa shape index (κ3) is 33.1. The summed E-state index contributed by atoms with van der Waals surface area (Å²) in [6.07, 6.45) is 41.8. The van der Waals surface area contributed by atoms with Gasteiger partial charge in [-0.2, -0.15) is 0 Å². The highest BCUT2D eigenvalue weighted by Gasteiger charge is 2.07. The van der Waals surface area contributed by atoms with Crippen molar-refractivity contribution in [3.63, 3.8) is 0 Å². The summed E-state index contributed by atoms with van der Waals surface area (Å²) in [6, 6.07) is 0. The molecular weight excluding hydrogens is 492 g/mol. The van der Waals surface area contributed by atoms with E-state index in [0.717, 1.165) is 31.6 Å². The molecule has 0 spiro atoms. The Hall–Kier alpha value is -1.06. The molecule has 0 rings (SSSR count). The predicted octanol–water partition coefficient (Wildman–Crippen LogP) is 11.1. The molecule has 0 saturated heterocycles. The molecule has 0 unspecified atom stereocenters. The third-order valence-electron chi connectivity index (χ3n) is 8.77. The zero-order chi connectivity index (χ0) is 29.4. The molecule has 40 heavy (non-hydrogen) atoms. The Balaban J connectivity index is 3.38. The van der Waals surface area contributed by atoms with E-state index in [9.17, 15) is 9.59 Å². The highest BCUT2D eigenvalue weighted by molar-refractivity contribution is 5.73. The largest absolute Gasteiger partial charge is 0.370 e. The first-order valence-corrected chi connectivity index (χ1v) is 18.1. The van der Waals surface area contributed by atoms with Gasteiger partial charge in [-0.3, -0.25) is 9.59 Å². The second-order valence-corrected chi connectivity index (χ2v) is 12.9. The van der Waals surface area contributed by atoms with E-state index in [0.29, 0.717) is 12.8 Å². The molecule has 4 nitrogen and oxygen atoms in total. The summed E-state index contributed by atoms with van der Waals surface area (Å²) >= 11 is 0. The summed E-state index contributed by atoms with van der Waals surface area (Å²) < 4.78 is 0. The molecule has 0 aromatic rings. The molecule has 0 saturated carbocycles. The molecular formula is C36H72N2O2. The predicted molar refractivity (Wildman–Crippen MR) is 175 cm³/mol. The van der Waals surface area contributed by atoms with Gasteiger partial charge in [0.05, 0.1) is 0 Å². The lowest BCUT2D eigenvalue weighted by Gasteiger charge is -2.16. The molecule has 0 fully saturated rings. The van der Waals surface area contributed by atoms with Crippen molar-refractivity contribution in [3.05, 3.63) is 0 Å². The van der Waals surface area contributed by atoms with E-state index in [1.54, 1.807) is 0 Å². The van der Waals surface area contributed by atoms with Gasteiger partial charge in [0.15, 0.2) is 0 Å². The maximum absolute atomic E-state index is 10.7. The average molecular weight is 565 g/mol. The van der Waals surface area contributed by atoms with Crippen LogP contribution in [0.5, 0.6) is 0 Å². The number of hydrogen-bond donors (Lipinski definition) is 2. The summed E-state index contributed by atoms with van der Waals surface area (Å²) in [5.74, 6) is 0.676. The Labute approximate surface area is 251 Å². The van der Waals surface area contributed by atoms with Crippen LogP contribution in [0.4, 0.5) is 0 Å². The Kier molecular flexibility index (Phi) is 31.6. The Morgan fingerprint density at radius 3 is 0.825 bits per heavy atom. The topological polar surface area (TPSA) is 86.2 Å². The van der Waals surface area contributed by atoms with Crippen LogP contribution >= 0.6 is 0 Å². The molecule has 0 atom stereocenters. The second kappa shape index (κ2) is 32.5. The first-order chi connectivity index (χ1) is 19.6. The van der Waals surface area contributed by atoms with Gasteiger partial charge in [0.25, 0.3) is 0 Å². The van der Waals surface area contributed by atoms with Crippen molar-refractivity contribution in [1.29, 1.82) is 0 Å². The quantitative estimate of drug-likeness (QED) is 0.0761. The number of amides is 2. The van der Waals surface area contributed by atoms with Crippen molar-refractivity contribution >= 4 is 11.8 Å². The van der Waals surface area contributed by atoms with Crippen LogP contribution in [0.3, 0.4) is 0 Å².